The van der Waals surface area contributed by atoms with E-state index in [1.54, 1.807) is 25.3 Å². The standard InChI is InChI=1S/C31H27ClFN7O/c1-41-18-28(19-5-3-2-4-6-19)37-29-21(15-34)16-35-31-25(29)13-23(14-26(31)32)36-30(20-7-9-22(33)10-8-20)27-17-40(39-38-27)24-11-12-24/h2-10,13-14,16-17,24,28,30,36H,11-12,18H2,1H3,(H,35,37)/t28-,30+/m1/s1. The summed E-state index contributed by atoms with van der Waals surface area (Å²) >= 11 is 6.78. The summed E-state index contributed by atoms with van der Waals surface area (Å²) in [6, 6.07) is 21.9. The van der Waals surface area contributed by atoms with E-state index in [1.807, 2.05) is 47.3 Å². The molecule has 1 aliphatic rings. The lowest BCUT2D eigenvalue weighted by molar-refractivity contribution is 0.186. The number of hydrogen-bond acceptors (Lipinski definition) is 7. The fourth-order valence-corrected chi connectivity index (χ4v) is 5.19. The van der Waals surface area contributed by atoms with Crippen molar-refractivity contribution in [3.05, 3.63) is 112 Å². The van der Waals surface area contributed by atoms with E-state index >= 15 is 0 Å². The van der Waals surface area contributed by atoms with Crippen LogP contribution in [0.3, 0.4) is 0 Å². The van der Waals surface area contributed by atoms with E-state index in [4.69, 9.17) is 16.3 Å². The molecule has 2 N–H and O–H groups in total. The molecule has 8 nitrogen and oxygen atoms in total. The van der Waals surface area contributed by atoms with E-state index in [9.17, 15) is 9.65 Å². The normalized spacial score (nSPS) is 14.4. The number of pyridine rings is 1. The van der Waals surface area contributed by atoms with Crippen molar-refractivity contribution in [2.24, 2.45) is 0 Å². The van der Waals surface area contributed by atoms with Crippen LogP contribution < -0.4 is 10.6 Å². The largest absolute Gasteiger partial charge is 0.382 e. The molecule has 0 amide bonds. The van der Waals surface area contributed by atoms with Gasteiger partial charge < -0.3 is 15.4 Å². The van der Waals surface area contributed by atoms with Crippen molar-refractivity contribution in [2.75, 3.05) is 24.4 Å². The van der Waals surface area contributed by atoms with Gasteiger partial charge in [0.1, 0.15) is 17.6 Å². The van der Waals surface area contributed by atoms with Crippen molar-refractivity contribution >= 4 is 33.9 Å². The number of methoxy groups -OCH3 is 1. The van der Waals surface area contributed by atoms with E-state index in [2.05, 4.69) is 32.0 Å². The van der Waals surface area contributed by atoms with Crippen LogP contribution in [0.5, 0.6) is 0 Å². The van der Waals surface area contributed by atoms with Crippen molar-refractivity contribution in [3.63, 3.8) is 0 Å². The highest BCUT2D eigenvalue weighted by Crippen LogP contribution is 2.38. The predicted octanol–water partition coefficient (Wildman–Crippen LogP) is 6.83. The van der Waals surface area contributed by atoms with Gasteiger partial charge in [0, 0.05) is 24.4 Å². The Labute approximate surface area is 241 Å². The molecular formula is C31H27ClFN7O. The fraction of sp³-hybridized carbons (Fsp3) is 0.226. The molecule has 1 aliphatic carbocycles. The molecule has 0 saturated heterocycles. The van der Waals surface area contributed by atoms with Crippen molar-refractivity contribution in [1.29, 1.82) is 5.26 Å². The number of hydrogen-bond donors (Lipinski definition) is 2. The summed E-state index contributed by atoms with van der Waals surface area (Å²) in [5, 5.41) is 26.9. The van der Waals surface area contributed by atoms with Gasteiger partial charge in [-0.25, -0.2) is 9.07 Å². The molecule has 5 aromatic rings. The summed E-state index contributed by atoms with van der Waals surface area (Å²) < 4.78 is 21.2. The third-order valence-electron chi connectivity index (χ3n) is 7.16. The average molecular weight is 568 g/mol. The lowest BCUT2D eigenvalue weighted by Crippen LogP contribution is -2.17. The zero-order chi connectivity index (χ0) is 28.3. The Morgan fingerprint density at radius 1 is 1.10 bits per heavy atom. The Hall–Kier alpha value is -4.52. The van der Waals surface area contributed by atoms with Crippen LogP contribution in [0.15, 0.2) is 79.1 Å². The van der Waals surface area contributed by atoms with Crippen molar-refractivity contribution in [2.45, 2.75) is 31.0 Å². The second kappa shape index (κ2) is 11.5. The predicted molar refractivity (Wildman–Crippen MR) is 156 cm³/mol. The van der Waals surface area contributed by atoms with E-state index < -0.39 is 6.04 Å². The van der Waals surface area contributed by atoms with Crippen LogP contribution in [0, 0.1) is 17.1 Å². The molecule has 41 heavy (non-hydrogen) atoms. The smallest absolute Gasteiger partial charge is 0.123 e. The lowest BCUT2D eigenvalue weighted by Gasteiger charge is -2.23. The maximum Gasteiger partial charge on any atom is 0.123 e. The van der Waals surface area contributed by atoms with Crippen LogP contribution in [-0.4, -0.2) is 33.7 Å². The van der Waals surface area contributed by atoms with Gasteiger partial charge in [0.25, 0.3) is 0 Å². The number of aromatic nitrogens is 4. The summed E-state index contributed by atoms with van der Waals surface area (Å²) in [5.41, 5.74) is 4.75. The molecule has 1 saturated carbocycles. The number of nitrogens with zero attached hydrogens (tertiary/aromatic N) is 5. The third-order valence-corrected chi connectivity index (χ3v) is 7.45. The van der Waals surface area contributed by atoms with Gasteiger partial charge in [-0.15, -0.1) is 5.10 Å². The van der Waals surface area contributed by atoms with Crippen molar-refractivity contribution in [1.82, 2.24) is 20.0 Å². The zero-order valence-electron chi connectivity index (χ0n) is 22.3. The summed E-state index contributed by atoms with van der Waals surface area (Å²) in [5.74, 6) is -0.322. The monoisotopic (exact) mass is 567 g/mol. The van der Waals surface area contributed by atoms with Crippen LogP contribution in [0.2, 0.25) is 5.02 Å². The first-order valence-electron chi connectivity index (χ1n) is 13.3. The number of nitriles is 1. The van der Waals surface area contributed by atoms with Crippen LogP contribution >= 0.6 is 11.6 Å². The molecule has 0 aliphatic heterocycles. The molecule has 1 fully saturated rings. The Bertz CT molecular complexity index is 1720. The van der Waals surface area contributed by atoms with E-state index in [-0.39, 0.29) is 11.9 Å². The molecule has 0 unspecified atom stereocenters. The number of rotatable bonds is 10. The summed E-state index contributed by atoms with van der Waals surface area (Å²) in [6.07, 6.45) is 5.61. The summed E-state index contributed by atoms with van der Waals surface area (Å²) in [7, 11) is 1.64. The first-order valence-corrected chi connectivity index (χ1v) is 13.7. The van der Waals surface area contributed by atoms with Gasteiger partial charge in [0.15, 0.2) is 0 Å². The minimum Gasteiger partial charge on any atom is -0.382 e. The van der Waals surface area contributed by atoms with Crippen LogP contribution in [0.25, 0.3) is 10.9 Å². The van der Waals surface area contributed by atoms with Crippen molar-refractivity contribution in [3.8, 4) is 6.07 Å². The van der Waals surface area contributed by atoms with Crippen molar-refractivity contribution < 1.29 is 9.13 Å². The van der Waals surface area contributed by atoms with Gasteiger partial charge in [-0.1, -0.05) is 59.3 Å². The van der Waals surface area contributed by atoms with E-state index in [0.29, 0.717) is 51.2 Å². The van der Waals surface area contributed by atoms with Gasteiger partial charge in [-0.05, 0) is 48.2 Å². The first-order chi connectivity index (χ1) is 20.0. The highest BCUT2D eigenvalue weighted by atomic mass is 35.5. The number of anilines is 2. The molecule has 0 radical (unpaired) electrons. The Morgan fingerprint density at radius 2 is 1.88 bits per heavy atom. The molecular weight excluding hydrogens is 541 g/mol. The van der Waals surface area contributed by atoms with Gasteiger partial charge >= 0.3 is 0 Å². The number of fused-ring (bicyclic) bond motifs is 1. The molecule has 10 heteroatoms. The second-order valence-electron chi connectivity index (χ2n) is 10.1. The molecule has 3 aromatic carbocycles. The van der Waals surface area contributed by atoms with Gasteiger partial charge in [-0.2, -0.15) is 5.26 Å². The van der Waals surface area contributed by atoms with E-state index in [0.717, 1.165) is 24.0 Å². The highest BCUT2D eigenvalue weighted by molar-refractivity contribution is 6.35. The maximum atomic E-state index is 13.8. The van der Waals surface area contributed by atoms with Crippen LogP contribution in [0.4, 0.5) is 15.8 Å². The minimum absolute atomic E-state index is 0.223. The summed E-state index contributed by atoms with van der Waals surface area (Å²) in [4.78, 5) is 4.49. The molecule has 2 aromatic heterocycles. The van der Waals surface area contributed by atoms with Gasteiger partial charge in [0.2, 0.25) is 0 Å². The SMILES string of the molecule is COC[C@@H](Nc1c(C#N)cnc2c(Cl)cc(N[C@@H](c3ccc(F)cc3)c3cn(C4CC4)nn3)cc12)c1ccccc1. The Morgan fingerprint density at radius 3 is 2.59 bits per heavy atom. The molecule has 2 heterocycles. The van der Waals surface area contributed by atoms with Crippen LogP contribution in [-0.2, 0) is 4.74 Å². The molecule has 206 valence electrons. The first kappa shape index (κ1) is 26.7. The highest BCUT2D eigenvalue weighted by Gasteiger charge is 2.27. The Kier molecular flexibility index (Phi) is 7.51. The van der Waals surface area contributed by atoms with E-state index in [1.165, 1.54) is 18.3 Å². The van der Waals surface area contributed by atoms with Crippen LogP contribution in [0.1, 0.15) is 53.4 Å². The number of nitrogens with one attached hydrogen (secondary N) is 2. The average Bonchev–Trinajstić information content (AvgIpc) is 3.73. The minimum atomic E-state index is -0.425. The number of benzene rings is 3. The lowest BCUT2D eigenvalue weighted by atomic mass is 10.0. The molecule has 2 atom stereocenters. The van der Waals surface area contributed by atoms with Gasteiger partial charge in [-0.3, -0.25) is 4.98 Å². The quantitative estimate of drug-likeness (QED) is 0.191. The second-order valence-corrected chi connectivity index (χ2v) is 10.5. The fourth-order valence-electron chi connectivity index (χ4n) is 4.92. The topological polar surface area (TPSA) is 101 Å². The molecule has 6 rings (SSSR count). The molecule has 0 bridgehead atoms. The molecule has 0 spiro atoms. The zero-order valence-corrected chi connectivity index (χ0v) is 23.0. The number of ether oxygens (including phenoxy) is 1. The van der Waals surface area contributed by atoms with Gasteiger partial charge in [0.05, 0.1) is 52.7 Å². The Balaban J connectivity index is 1.42. The summed E-state index contributed by atoms with van der Waals surface area (Å²) in [6.45, 7) is 0.383. The third kappa shape index (κ3) is 5.71. The maximum absolute atomic E-state index is 13.8. The number of halogens is 2.